The summed E-state index contributed by atoms with van der Waals surface area (Å²) in [5.74, 6) is 0. The Labute approximate surface area is 112 Å². The van der Waals surface area contributed by atoms with E-state index in [1.165, 1.54) is 40.8 Å². The van der Waals surface area contributed by atoms with E-state index >= 15 is 0 Å². The molecule has 0 aliphatic heterocycles. The van der Waals surface area contributed by atoms with E-state index < -0.39 is 0 Å². The van der Waals surface area contributed by atoms with Crippen LogP contribution in [0.2, 0.25) is 0 Å². The maximum absolute atomic E-state index is 3.58. The molecule has 0 fully saturated rings. The van der Waals surface area contributed by atoms with Crippen molar-refractivity contribution in [3.63, 3.8) is 0 Å². The van der Waals surface area contributed by atoms with Crippen molar-refractivity contribution in [1.82, 2.24) is 5.32 Å². The Balaban J connectivity index is 2.41. The van der Waals surface area contributed by atoms with Crippen LogP contribution in [-0.4, -0.2) is 6.54 Å². The van der Waals surface area contributed by atoms with E-state index in [-0.39, 0.29) is 0 Å². The van der Waals surface area contributed by atoms with Gasteiger partial charge < -0.3 is 5.32 Å². The molecule has 0 aromatic carbocycles. The van der Waals surface area contributed by atoms with Crippen LogP contribution in [0.3, 0.4) is 0 Å². The summed E-state index contributed by atoms with van der Waals surface area (Å²) in [5, 5.41) is 3.58. The number of halogens is 1. The van der Waals surface area contributed by atoms with E-state index in [0.717, 1.165) is 6.54 Å². The molecule has 92 valence electrons. The first kappa shape index (κ1) is 14.2. The summed E-state index contributed by atoms with van der Waals surface area (Å²) in [6, 6.07) is 4.94. The number of nitrogens with one attached hydrogen (secondary N) is 1. The predicted molar refractivity (Wildman–Crippen MR) is 77.2 cm³/mol. The predicted octanol–water partition coefficient (Wildman–Crippen LogP) is 5.13. The zero-order chi connectivity index (χ0) is 11.8. The van der Waals surface area contributed by atoms with Gasteiger partial charge in [0.15, 0.2) is 0 Å². The SMILES string of the molecule is CCCCCCC(NCC)c1ccc(Br)s1. The second-order valence-electron chi connectivity index (χ2n) is 4.10. The summed E-state index contributed by atoms with van der Waals surface area (Å²) in [5.41, 5.74) is 0. The summed E-state index contributed by atoms with van der Waals surface area (Å²) < 4.78 is 1.24. The molecule has 0 bridgehead atoms. The van der Waals surface area contributed by atoms with Crippen LogP contribution < -0.4 is 5.32 Å². The molecule has 0 amide bonds. The van der Waals surface area contributed by atoms with Crippen molar-refractivity contribution in [2.75, 3.05) is 6.54 Å². The van der Waals surface area contributed by atoms with Gasteiger partial charge >= 0.3 is 0 Å². The summed E-state index contributed by atoms with van der Waals surface area (Å²) in [4.78, 5) is 1.46. The average molecular weight is 304 g/mol. The highest BCUT2D eigenvalue weighted by molar-refractivity contribution is 9.11. The van der Waals surface area contributed by atoms with E-state index in [9.17, 15) is 0 Å². The third-order valence-corrected chi connectivity index (χ3v) is 4.47. The Bertz CT molecular complexity index is 285. The fraction of sp³-hybridized carbons (Fsp3) is 0.692. The quantitative estimate of drug-likeness (QED) is 0.656. The Morgan fingerprint density at radius 2 is 2.06 bits per heavy atom. The highest BCUT2D eigenvalue weighted by Gasteiger charge is 2.11. The third kappa shape index (κ3) is 4.98. The highest BCUT2D eigenvalue weighted by Crippen LogP contribution is 2.30. The fourth-order valence-electron chi connectivity index (χ4n) is 1.88. The molecule has 1 unspecified atom stereocenters. The summed E-state index contributed by atoms with van der Waals surface area (Å²) in [6.45, 7) is 5.49. The minimum Gasteiger partial charge on any atom is -0.310 e. The first-order chi connectivity index (χ1) is 7.77. The van der Waals surface area contributed by atoms with Gasteiger partial charge in [0.1, 0.15) is 0 Å². The Morgan fingerprint density at radius 3 is 2.62 bits per heavy atom. The Hall–Kier alpha value is 0.140. The molecule has 1 rings (SSSR count). The minimum absolute atomic E-state index is 0.554. The van der Waals surface area contributed by atoms with Gasteiger partial charge in [0.05, 0.1) is 3.79 Å². The van der Waals surface area contributed by atoms with Gasteiger partial charge in [0, 0.05) is 10.9 Å². The van der Waals surface area contributed by atoms with Crippen molar-refractivity contribution in [3.05, 3.63) is 20.8 Å². The number of hydrogen-bond acceptors (Lipinski definition) is 2. The molecule has 0 aliphatic carbocycles. The topological polar surface area (TPSA) is 12.0 Å². The lowest BCUT2D eigenvalue weighted by Crippen LogP contribution is -2.19. The molecular weight excluding hydrogens is 282 g/mol. The molecule has 0 spiro atoms. The van der Waals surface area contributed by atoms with E-state index in [4.69, 9.17) is 0 Å². The van der Waals surface area contributed by atoms with Gasteiger partial charge in [-0.2, -0.15) is 0 Å². The highest BCUT2D eigenvalue weighted by atomic mass is 79.9. The molecule has 0 aliphatic rings. The molecule has 1 aromatic rings. The Kier molecular flexibility index (Phi) is 7.33. The third-order valence-electron chi connectivity index (χ3n) is 2.73. The molecular formula is C13H22BrNS. The van der Waals surface area contributed by atoms with Crippen molar-refractivity contribution >= 4 is 27.3 Å². The zero-order valence-electron chi connectivity index (χ0n) is 10.3. The first-order valence-electron chi connectivity index (χ1n) is 6.26. The lowest BCUT2D eigenvalue weighted by atomic mass is 10.1. The van der Waals surface area contributed by atoms with Gasteiger partial charge in [-0.25, -0.2) is 0 Å². The average Bonchev–Trinajstić information content (AvgIpc) is 2.69. The van der Waals surface area contributed by atoms with Gasteiger partial charge in [-0.3, -0.25) is 0 Å². The van der Waals surface area contributed by atoms with E-state index in [1.807, 2.05) is 11.3 Å². The van der Waals surface area contributed by atoms with Crippen molar-refractivity contribution in [2.24, 2.45) is 0 Å². The lowest BCUT2D eigenvalue weighted by Gasteiger charge is -2.16. The Morgan fingerprint density at radius 1 is 1.25 bits per heavy atom. The van der Waals surface area contributed by atoms with Gasteiger partial charge in [-0.05, 0) is 41.0 Å². The molecule has 0 saturated carbocycles. The van der Waals surface area contributed by atoms with Crippen molar-refractivity contribution < 1.29 is 0 Å². The summed E-state index contributed by atoms with van der Waals surface area (Å²) in [7, 11) is 0. The van der Waals surface area contributed by atoms with E-state index in [1.54, 1.807) is 0 Å². The van der Waals surface area contributed by atoms with Gasteiger partial charge in [-0.15, -0.1) is 11.3 Å². The van der Waals surface area contributed by atoms with Crippen LogP contribution in [0.4, 0.5) is 0 Å². The van der Waals surface area contributed by atoms with Crippen molar-refractivity contribution in [1.29, 1.82) is 0 Å². The van der Waals surface area contributed by atoms with Crippen LogP contribution in [0.5, 0.6) is 0 Å². The second-order valence-corrected chi connectivity index (χ2v) is 6.60. The van der Waals surface area contributed by atoms with Crippen molar-refractivity contribution in [3.8, 4) is 0 Å². The lowest BCUT2D eigenvalue weighted by molar-refractivity contribution is 0.488. The molecule has 1 N–H and O–H groups in total. The van der Waals surface area contributed by atoms with Crippen LogP contribution >= 0.6 is 27.3 Å². The smallest absolute Gasteiger partial charge is 0.0701 e. The van der Waals surface area contributed by atoms with Crippen molar-refractivity contribution in [2.45, 2.75) is 52.0 Å². The first-order valence-corrected chi connectivity index (χ1v) is 7.87. The van der Waals surface area contributed by atoms with Crippen LogP contribution in [0.25, 0.3) is 0 Å². The van der Waals surface area contributed by atoms with E-state index in [0.29, 0.717) is 6.04 Å². The molecule has 1 heterocycles. The maximum Gasteiger partial charge on any atom is 0.0701 e. The zero-order valence-corrected chi connectivity index (χ0v) is 12.7. The van der Waals surface area contributed by atoms with Crippen LogP contribution in [0.15, 0.2) is 15.9 Å². The van der Waals surface area contributed by atoms with Gasteiger partial charge in [-0.1, -0.05) is 39.5 Å². The number of unbranched alkanes of at least 4 members (excludes halogenated alkanes) is 3. The largest absolute Gasteiger partial charge is 0.310 e. The van der Waals surface area contributed by atoms with Gasteiger partial charge in [0.2, 0.25) is 0 Å². The molecule has 1 nitrogen and oxygen atoms in total. The fourth-order valence-corrected chi connectivity index (χ4v) is 3.42. The van der Waals surface area contributed by atoms with E-state index in [2.05, 4.69) is 47.2 Å². The molecule has 1 atom stereocenters. The maximum atomic E-state index is 3.58. The van der Waals surface area contributed by atoms with Gasteiger partial charge in [0.25, 0.3) is 0 Å². The van der Waals surface area contributed by atoms with Crippen LogP contribution in [0.1, 0.15) is 56.9 Å². The normalized spacial score (nSPS) is 12.9. The van der Waals surface area contributed by atoms with Crippen LogP contribution in [0, 0.1) is 0 Å². The number of thiophene rings is 1. The molecule has 16 heavy (non-hydrogen) atoms. The number of hydrogen-bond donors (Lipinski definition) is 1. The number of rotatable bonds is 8. The standard InChI is InChI=1S/C13H22BrNS/c1-3-5-6-7-8-11(15-4-2)12-9-10-13(14)16-12/h9-11,15H,3-8H2,1-2H3. The molecule has 0 radical (unpaired) electrons. The molecule has 1 aromatic heterocycles. The van der Waals surface area contributed by atoms with Crippen LogP contribution in [-0.2, 0) is 0 Å². The minimum atomic E-state index is 0.554. The second kappa shape index (κ2) is 8.26. The summed E-state index contributed by atoms with van der Waals surface area (Å²) in [6.07, 6.45) is 6.65. The monoisotopic (exact) mass is 303 g/mol. The molecule has 3 heteroatoms. The molecule has 0 saturated heterocycles. The summed E-state index contributed by atoms with van der Waals surface area (Å²) >= 11 is 5.39.